The largest absolute Gasteiger partial charge is 0.408 e. The van der Waals surface area contributed by atoms with Crippen molar-refractivity contribution in [2.75, 3.05) is 26.4 Å². The van der Waals surface area contributed by atoms with Gasteiger partial charge in [-0.15, -0.1) is 10.2 Å². The van der Waals surface area contributed by atoms with Crippen molar-refractivity contribution in [3.63, 3.8) is 0 Å². The molecule has 1 atom stereocenters. The van der Waals surface area contributed by atoms with E-state index in [4.69, 9.17) is 4.42 Å². The highest BCUT2D eigenvalue weighted by Gasteiger charge is 2.30. The molecule has 1 amide bonds. The number of amides is 1. The van der Waals surface area contributed by atoms with Crippen LogP contribution in [-0.2, 0) is 11.2 Å². The summed E-state index contributed by atoms with van der Waals surface area (Å²) < 4.78 is 5.59. The third-order valence-corrected chi connectivity index (χ3v) is 6.07. The van der Waals surface area contributed by atoms with Crippen LogP contribution in [0.1, 0.15) is 48.4 Å². The topological polar surface area (TPSA) is 88.3 Å². The lowest BCUT2D eigenvalue weighted by Crippen LogP contribution is -2.45. The number of carbonyl (C=O) groups is 2. The van der Waals surface area contributed by atoms with Crippen LogP contribution in [0.2, 0.25) is 0 Å². The Morgan fingerprint density at radius 1 is 1.17 bits per heavy atom. The lowest BCUT2D eigenvalue weighted by molar-refractivity contribution is -0.126. The van der Waals surface area contributed by atoms with Crippen LogP contribution >= 0.6 is 11.8 Å². The molecule has 0 aliphatic heterocycles. The number of hydrogen-bond acceptors (Lipinski definition) is 7. The molecular formula is C22H30N4O3S. The van der Waals surface area contributed by atoms with E-state index < -0.39 is 6.04 Å². The molecule has 3 rings (SSSR count). The molecule has 8 heteroatoms. The Kier molecular flexibility index (Phi) is 8.45. The van der Waals surface area contributed by atoms with Gasteiger partial charge in [0.05, 0.1) is 0 Å². The lowest BCUT2D eigenvalue weighted by Gasteiger charge is -2.24. The number of aromatic nitrogens is 2. The summed E-state index contributed by atoms with van der Waals surface area (Å²) in [5, 5.41) is 11.3. The van der Waals surface area contributed by atoms with Crippen LogP contribution in [-0.4, -0.2) is 59.2 Å². The van der Waals surface area contributed by atoms with Crippen molar-refractivity contribution in [2.45, 2.75) is 49.8 Å². The van der Waals surface area contributed by atoms with Crippen LogP contribution in [0.25, 0.3) is 0 Å². The normalized spacial score (nSPS) is 15.8. The molecule has 1 unspecified atom stereocenters. The monoisotopic (exact) mass is 430 g/mol. The highest BCUT2D eigenvalue weighted by Crippen LogP contribution is 2.24. The molecule has 1 saturated carbocycles. The zero-order chi connectivity index (χ0) is 21.3. The second-order valence-corrected chi connectivity index (χ2v) is 9.02. The number of rotatable bonds is 10. The van der Waals surface area contributed by atoms with Crippen molar-refractivity contribution in [2.24, 2.45) is 5.92 Å². The summed E-state index contributed by atoms with van der Waals surface area (Å²) >= 11 is 1.42. The molecule has 1 aliphatic carbocycles. The first kappa shape index (κ1) is 22.5. The molecule has 0 spiro atoms. The Bertz CT molecular complexity index is 819. The Hall–Kier alpha value is -2.19. The first-order chi connectivity index (χ1) is 14.5. The molecule has 162 valence electrons. The third kappa shape index (κ3) is 6.67. The van der Waals surface area contributed by atoms with Crippen molar-refractivity contribution >= 4 is 23.5 Å². The van der Waals surface area contributed by atoms with Gasteiger partial charge in [0.1, 0.15) is 6.04 Å². The zero-order valence-electron chi connectivity index (χ0n) is 17.7. The summed E-state index contributed by atoms with van der Waals surface area (Å²) in [6, 6.07) is 8.95. The first-order valence-electron chi connectivity index (χ1n) is 10.5. The van der Waals surface area contributed by atoms with Gasteiger partial charge in [0.2, 0.25) is 11.7 Å². The third-order valence-electron chi connectivity index (χ3n) is 5.27. The van der Waals surface area contributed by atoms with Crippen LogP contribution in [0, 0.1) is 5.92 Å². The second kappa shape index (κ2) is 11.3. The molecule has 0 radical (unpaired) electrons. The van der Waals surface area contributed by atoms with Gasteiger partial charge in [0.15, 0.2) is 0 Å². The maximum atomic E-state index is 13.1. The maximum Gasteiger partial charge on any atom is 0.286 e. The van der Waals surface area contributed by atoms with E-state index in [1.807, 2.05) is 44.4 Å². The molecule has 2 aromatic rings. The van der Waals surface area contributed by atoms with Gasteiger partial charge in [-0.25, -0.2) is 0 Å². The fraction of sp³-hybridized carbons (Fsp3) is 0.545. The van der Waals surface area contributed by atoms with Crippen molar-refractivity contribution in [1.82, 2.24) is 20.4 Å². The zero-order valence-corrected chi connectivity index (χ0v) is 18.5. The van der Waals surface area contributed by atoms with Gasteiger partial charge >= 0.3 is 0 Å². The molecule has 1 N–H and O–H groups in total. The smallest absolute Gasteiger partial charge is 0.286 e. The second-order valence-electron chi connectivity index (χ2n) is 7.97. The number of nitrogens with zero attached hydrogens (tertiary/aromatic N) is 3. The number of Topliss-reactive ketones (excluding diaryl/α,β-unsaturated/α-hetero) is 1. The van der Waals surface area contributed by atoms with Crippen molar-refractivity contribution < 1.29 is 14.0 Å². The molecule has 1 aromatic heterocycles. The molecule has 1 fully saturated rings. The van der Waals surface area contributed by atoms with E-state index in [9.17, 15) is 9.59 Å². The van der Waals surface area contributed by atoms with E-state index in [-0.39, 0.29) is 23.5 Å². The lowest BCUT2D eigenvalue weighted by atomic mass is 9.88. The van der Waals surface area contributed by atoms with Crippen LogP contribution in [0.5, 0.6) is 0 Å². The van der Waals surface area contributed by atoms with E-state index in [2.05, 4.69) is 20.4 Å². The number of ketones is 1. The molecule has 1 aromatic carbocycles. The minimum absolute atomic E-state index is 0.0235. The summed E-state index contributed by atoms with van der Waals surface area (Å²) in [7, 11) is 3.99. The predicted molar refractivity (Wildman–Crippen MR) is 117 cm³/mol. The number of thioether (sulfide) groups is 1. The minimum Gasteiger partial charge on any atom is -0.408 e. The summed E-state index contributed by atoms with van der Waals surface area (Å²) in [5.41, 5.74) is 0.972. The molecular weight excluding hydrogens is 400 g/mol. The van der Waals surface area contributed by atoms with Crippen LogP contribution in [0.3, 0.4) is 0 Å². The summed E-state index contributed by atoms with van der Waals surface area (Å²) in [4.78, 5) is 28.0. The minimum atomic E-state index is -0.720. The predicted octanol–water partition coefficient (Wildman–Crippen LogP) is 3.21. The van der Waals surface area contributed by atoms with Gasteiger partial charge < -0.3 is 14.6 Å². The summed E-state index contributed by atoms with van der Waals surface area (Å²) in [6.07, 6.45) is 5.45. The Labute approximate surface area is 182 Å². The van der Waals surface area contributed by atoms with Gasteiger partial charge in [0.25, 0.3) is 11.1 Å². The van der Waals surface area contributed by atoms with Crippen molar-refractivity contribution in [1.29, 1.82) is 0 Å². The van der Waals surface area contributed by atoms with E-state index in [0.717, 1.165) is 43.5 Å². The number of benzene rings is 1. The molecule has 0 saturated heterocycles. The van der Waals surface area contributed by atoms with Crippen LogP contribution < -0.4 is 5.32 Å². The number of nitrogens with one attached hydrogen (secondary N) is 1. The molecule has 7 nitrogen and oxygen atoms in total. The first-order valence-corrected chi connectivity index (χ1v) is 11.5. The van der Waals surface area contributed by atoms with Gasteiger partial charge in [0, 0.05) is 24.6 Å². The van der Waals surface area contributed by atoms with Crippen LogP contribution in [0.4, 0.5) is 0 Å². The highest BCUT2D eigenvalue weighted by molar-refractivity contribution is 7.99. The molecule has 1 heterocycles. The highest BCUT2D eigenvalue weighted by atomic mass is 32.2. The fourth-order valence-corrected chi connectivity index (χ4v) is 4.41. The summed E-state index contributed by atoms with van der Waals surface area (Å²) in [5.74, 6) is 0.324. The van der Waals surface area contributed by atoms with Gasteiger partial charge in [-0.3, -0.25) is 9.59 Å². The fourth-order valence-electron chi connectivity index (χ4n) is 3.55. The van der Waals surface area contributed by atoms with E-state index in [0.29, 0.717) is 11.6 Å². The number of hydrogen-bond donors (Lipinski definition) is 1. The molecule has 0 bridgehead atoms. The Balaban J connectivity index is 1.69. The van der Waals surface area contributed by atoms with Gasteiger partial charge in [-0.05, 0) is 32.5 Å². The van der Waals surface area contributed by atoms with Gasteiger partial charge in [-0.2, -0.15) is 0 Å². The van der Waals surface area contributed by atoms with Crippen LogP contribution in [0.15, 0.2) is 40.0 Å². The Morgan fingerprint density at radius 2 is 1.90 bits per heavy atom. The quantitative estimate of drug-likeness (QED) is 0.457. The average Bonchev–Trinajstić information content (AvgIpc) is 3.22. The SMILES string of the molecule is CN(C)CCSc1nnc(C(=O)C(Cc2ccccc2)NC(=O)C2CCCCC2)o1. The van der Waals surface area contributed by atoms with E-state index >= 15 is 0 Å². The standard InChI is InChI=1S/C22H30N4O3S/c1-26(2)13-14-30-22-25-24-21(29-22)19(27)18(15-16-9-5-3-6-10-16)23-20(28)17-11-7-4-8-12-17/h3,5-6,9-10,17-18H,4,7-8,11-15H2,1-2H3,(H,23,28). The molecule has 30 heavy (non-hydrogen) atoms. The van der Waals surface area contributed by atoms with Crippen molar-refractivity contribution in [3.8, 4) is 0 Å². The maximum absolute atomic E-state index is 13.1. The van der Waals surface area contributed by atoms with E-state index in [1.165, 1.54) is 18.2 Å². The number of carbonyl (C=O) groups excluding carboxylic acids is 2. The Morgan fingerprint density at radius 3 is 2.60 bits per heavy atom. The van der Waals surface area contributed by atoms with Gasteiger partial charge in [-0.1, -0.05) is 61.4 Å². The van der Waals surface area contributed by atoms with E-state index in [1.54, 1.807) is 0 Å². The molecule has 1 aliphatic rings. The average molecular weight is 431 g/mol. The summed E-state index contributed by atoms with van der Waals surface area (Å²) in [6.45, 7) is 0.865. The van der Waals surface area contributed by atoms with Crippen molar-refractivity contribution in [3.05, 3.63) is 41.8 Å².